The lowest BCUT2D eigenvalue weighted by Gasteiger charge is -2.28. The average molecular weight is 286 g/mol. The second kappa shape index (κ2) is 5.88. The van der Waals surface area contributed by atoms with Gasteiger partial charge in [0.1, 0.15) is 11.7 Å². The number of amides is 1. The molecule has 0 saturated heterocycles. The molecule has 21 heavy (non-hydrogen) atoms. The molecule has 1 saturated carbocycles. The summed E-state index contributed by atoms with van der Waals surface area (Å²) in [6.45, 7) is 1.95. The highest BCUT2D eigenvalue weighted by Gasteiger charge is 2.38. The van der Waals surface area contributed by atoms with Crippen LogP contribution in [-0.2, 0) is 4.79 Å². The Morgan fingerprint density at radius 3 is 2.43 bits per heavy atom. The smallest absolute Gasteiger partial charge is 0.256 e. The molecule has 1 amide bonds. The summed E-state index contributed by atoms with van der Waals surface area (Å²) in [5.41, 5.74) is 1.90. The molecule has 0 aromatic heterocycles. The minimum atomic E-state index is -0.224. The molecule has 112 valence electrons. The topological polar surface area (TPSA) is 41.9 Å². The fraction of sp³-hybridized carbons (Fsp3) is 0.529. The van der Waals surface area contributed by atoms with E-state index >= 15 is 0 Å². The molecule has 1 aliphatic heterocycles. The maximum Gasteiger partial charge on any atom is 0.256 e. The summed E-state index contributed by atoms with van der Waals surface area (Å²) in [7, 11) is 1.65. The van der Waals surface area contributed by atoms with Crippen molar-refractivity contribution < 1.29 is 9.53 Å². The van der Waals surface area contributed by atoms with Gasteiger partial charge in [-0.15, -0.1) is 0 Å². The molecule has 0 N–H and O–H groups in total. The predicted molar refractivity (Wildman–Crippen MR) is 82.6 cm³/mol. The normalized spacial score (nSPS) is 23.3. The van der Waals surface area contributed by atoms with Crippen LogP contribution in [0.15, 0.2) is 29.4 Å². The molecule has 4 heteroatoms. The first-order chi connectivity index (χ1) is 10.2. The summed E-state index contributed by atoms with van der Waals surface area (Å²) in [5, 5.41) is 6.32. The van der Waals surface area contributed by atoms with Crippen LogP contribution in [0.25, 0.3) is 0 Å². The van der Waals surface area contributed by atoms with Gasteiger partial charge >= 0.3 is 0 Å². The SMILES string of the molecule is COc1ccc(C2C(=O)N(C3CCCCC3)N=C2C)cc1. The van der Waals surface area contributed by atoms with Gasteiger partial charge in [0.25, 0.3) is 5.91 Å². The van der Waals surface area contributed by atoms with Crippen molar-refractivity contribution in [2.45, 2.75) is 51.0 Å². The Kier molecular flexibility index (Phi) is 3.95. The van der Waals surface area contributed by atoms with Gasteiger partial charge in [-0.1, -0.05) is 31.4 Å². The van der Waals surface area contributed by atoms with E-state index in [9.17, 15) is 4.79 Å². The van der Waals surface area contributed by atoms with Crippen LogP contribution in [0.4, 0.5) is 0 Å². The van der Waals surface area contributed by atoms with Gasteiger partial charge in [0.15, 0.2) is 0 Å². The number of ether oxygens (including phenoxy) is 1. The van der Waals surface area contributed by atoms with Gasteiger partial charge in [-0.05, 0) is 37.5 Å². The van der Waals surface area contributed by atoms with Crippen molar-refractivity contribution in [3.8, 4) is 5.75 Å². The van der Waals surface area contributed by atoms with E-state index < -0.39 is 0 Å². The molecule has 1 unspecified atom stereocenters. The van der Waals surface area contributed by atoms with Crippen LogP contribution in [0.3, 0.4) is 0 Å². The highest BCUT2D eigenvalue weighted by molar-refractivity contribution is 6.11. The van der Waals surface area contributed by atoms with Crippen LogP contribution in [-0.4, -0.2) is 29.8 Å². The first kappa shape index (κ1) is 14.1. The number of nitrogens with zero attached hydrogens (tertiary/aromatic N) is 2. The predicted octanol–water partition coefficient (Wildman–Crippen LogP) is 3.33. The fourth-order valence-corrected chi connectivity index (χ4v) is 3.36. The Morgan fingerprint density at radius 2 is 1.81 bits per heavy atom. The summed E-state index contributed by atoms with van der Waals surface area (Å²) in [6, 6.07) is 8.03. The van der Waals surface area contributed by atoms with E-state index in [0.717, 1.165) is 29.9 Å². The van der Waals surface area contributed by atoms with Gasteiger partial charge in [-0.3, -0.25) is 4.79 Å². The Labute approximate surface area is 125 Å². The zero-order chi connectivity index (χ0) is 14.8. The molecule has 2 aliphatic rings. The quantitative estimate of drug-likeness (QED) is 0.855. The van der Waals surface area contributed by atoms with Crippen molar-refractivity contribution in [3.05, 3.63) is 29.8 Å². The monoisotopic (exact) mass is 286 g/mol. The highest BCUT2D eigenvalue weighted by Crippen LogP contribution is 2.32. The van der Waals surface area contributed by atoms with E-state index in [1.165, 1.54) is 19.3 Å². The largest absolute Gasteiger partial charge is 0.497 e. The van der Waals surface area contributed by atoms with E-state index in [-0.39, 0.29) is 11.8 Å². The zero-order valence-corrected chi connectivity index (χ0v) is 12.7. The lowest BCUT2D eigenvalue weighted by atomic mass is 9.92. The van der Waals surface area contributed by atoms with Crippen molar-refractivity contribution in [2.75, 3.05) is 7.11 Å². The minimum absolute atomic E-state index is 0.129. The summed E-state index contributed by atoms with van der Waals surface area (Å²) in [6.07, 6.45) is 5.85. The molecule has 0 spiro atoms. The number of methoxy groups -OCH3 is 1. The van der Waals surface area contributed by atoms with E-state index in [0.29, 0.717) is 6.04 Å². The third-order valence-electron chi connectivity index (χ3n) is 4.53. The Bertz CT molecular complexity index is 544. The number of hydrazone groups is 1. The van der Waals surface area contributed by atoms with E-state index in [1.807, 2.05) is 31.2 Å². The third kappa shape index (κ3) is 2.67. The van der Waals surface area contributed by atoms with Crippen molar-refractivity contribution in [2.24, 2.45) is 5.10 Å². The van der Waals surface area contributed by atoms with E-state index in [4.69, 9.17) is 4.74 Å². The second-order valence-corrected chi connectivity index (χ2v) is 5.92. The van der Waals surface area contributed by atoms with Gasteiger partial charge in [0.2, 0.25) is 0 Å². The Hall–Kier alpha value is -1.84. The molecule has 1 heterocycles. The molecule has 0 bridgehead atoms. The van der Waals surface area contributed by atoms with Gasteiger partial charge in [0.05, 0.1) is 18.9 Å². The lowest BCUT2D eigenvalue weighted by molar-refractivity contribution is -0.132. The number of carbonyl (C=O) groups excluding carboxylic acids is 1. The van der Waals surface area contributed by atoms with Gasteiger partial charge in [-0.25, -0.2) is 5.01 Å². The first-order valence-corrected chi connectivity index (χ1v) is 7.73. The average Bonchev–Trinajstić information content (AvgIpc) is 2.83. The van der Waals surface area contributed by atoms with E-state index in [1.54, 1.807) is 12.1 Å². The van der Waals surface area contributed by atoms with Gasteiger partial charge < -0.3 is 4.74 Å². The van der Waals surface area contributed by atoms with E-state index in [2.05, 4.69) is 5.10 Å². The van der Waals surface area contributed by atoms with Crippen LogP contribution in [0.1, 0.15) is 50.5 Å². The zero-order valence-electron chi connectivity index (χ0n) is 12.7. The second-order valence-electron chi connectivity index (χ2n) is 5.92. The molecule has 4 nitrogen and oxygen atoms in total. The third-order valence-corrected chi connectivity index (χ3v) is 4.53. The number of carbonyl (C=O) groups is 1. The van der Waals surface area contributed by atoms with Crippen LogP contribution in [0.2, 0.25) is 0 Å². The summed E-state index contributed by atoms with van der Waals surface area (Å²) >= 11 is 0. The Balaban J connectivity index is 1.80. The molecule has 1 aromatic rings. The van der Waals surface area contributed by atoms with Gasteiger partial charge in [0, 0.05) is 0 Å². The lowest BCUT2D eigenvalue weighted by Crippen LogP contribution is -2.36. The molecular weight excluding hydrogens is 264 g/mol. The van der Waals surface area contributed by atoms with Gasteiger partial charge in [-0.2, -0.15) is 5.10 Å². The molecule has 1 atom stereocenters. The highest BCUT2D eigenvalue weighted by atomic mass is 16.5. The summed E-state index contributed by atoms with van der Waals surface area (Å²) < 4.78 is 5.18. The van der Waals surface area contributed by atoms with Crippen LogP contribution in [0.5, 0.6) is 5.75 Å². The minimum Gasteiger partial charge on any atom is -0.497 e. The van der Waals surface area contributed by atoms with Crippen molar-refractivity contribution in [1.82, 2.24) is 5.01 Å². The molecule has 3 rings (SSSR count). The fourth-order valence-electron chi connectivity index (χ4n) is 3.36. The number of rotatable bonds is 3. The number of hydrogen-bond acceptors (Lipinski definition) is 3. The standard InChI is InChI=1S/C17H22N2O2/c1-12-16(13-8-10-15(21-2)11-9-13)17(20)19(18-12)14-6-4-3-5-7-14/h8-11,14,16H,3-7H2,1-2H3. The summed E-state index contributed by atoms with van der Waals surface area (Å²) in [5.74, 6) is 0.713. The van der Waals surface area contributed by atoms with Crippen LogP contribution in [0, 0.1) is 0 Å². The Morgan fingerprint density at radius 1 is 1.14 bits per heavy atom. The number of benzene rings is 1. The summed E-state index contributed by atoms with van der Waals surface area (Å²) in [4.78, 5) is 12.8. The molecular formula is C17H22N2O2. The van der Waals surface area contributed by atoms with Crippen molar-refractivity contribution in [1.29, 1.82) is 0 Å². The maximum atomic E-state index is 12.8. The molecule has 1 fully saturated rings. The molecule has 1 aliphatic carbocycles. The molecule has 1 aromatic carbocycles. The maximum absolute atomic E-state index is 12.8. The number of hydrogen-bond donors (Lipinski definition) is 0. The molecule has 0 radical (unpaired) electrons. The van der Waals surface area contributed by atoms with Crippen LogP contribution < -0.4 is 4.74 Å². The van der Waals surface area contributed by atoms with Crippen molar-refractivity contribution >= 4 is 11.6 Å². The van der Waals surface area contributed by atoms with Crippen LogP contribution >= 0.6 is 0 Å². The van der Waals surface area contributed by atoms with Crippen molar-refractivity contribution in [3.63, 3.8) is 0 Å². The first-order valence-electron chi connectivity index (χ1n) is 7.73.